The van der Waals surface area contributed by atoms with Crippen LogP contribution in [0.2, 0.25) is 0 Å². The van der Waals surface area contributed by atoms with Crippen molar-refractivity contribution in [2.45, 2.75) is 6.92 Å². The molecule has 1 aromatic heterocycles. The van der Waals surface area contributed by atoms with Crippen molar-refractivity contribution < 1.29 is 20.1 Å². The van der Waals surface area contributed by atoms with Crippen molar-refractivity contribution in [2.24, 2.45) is 0 Å². The first kappa shape index (κ1) is 14.6. The predicted octanol–water partition coefficient (Wildman–Crippen LogP) is 4.52. The normalized spacial score (nSPS) is 9.85. The molecule has 0 saturated heterocycles. The van der Waals surface area contributed by atoms with Crippen LogP contribution in [-0.4, -0.2) is 4.98 Å². The molecule has 101 valence electrons. The third-order valence-corrected chi connectivity index (χ3v) is 3.09. The summed E-state index contributed by atoms with van der Waals surface area (Å²) in [4.78, 5) is 4.37. The molecule has 2 aromatic carbocycles. The van der Waals surface area contributed by atoms with E-state index in [0.29, 0.717) is 0 Å². The van der Waals surface area contributed by atoms with Gasteiger partial charge >= 0.3 is 0 Å². The number of nitrogens with zero attached hydrogens (tertiary/aromatic N) is 1. The Bertz CT molecular complexity index is 693. The number of benzene rings is 2. The molecule has 0 saturated carbocycles. The Hall–Kier alpha value is -1.76. The van der Waals surface area contributed by atoms with Crippen LogP contribution >= 0.6 is 0 Å². The molecule has 0 N–H and O–H groups in total. The number of hydrogen-bond donors (Lipinski definition) is 0. The fourth-order valence-electron chi connectivity index (χ4n) is 2.14. The van der Waals surface area contributed by atoms with Crippen LogP contribution in [0.15, 0.2) is 66.9 Å². The molecule has 3 rings (SSSR count). The minimum absolute atomic E-state index is 0. The third-order valence-electron chi connectivity index (χ3n) is 3.09. The maximum absolute atomic E-state index is 4.37. The topological polar surface area (TPSA) is 12.9 Å². The van der Waals surface area contributed by atoms with Gasteiger partial charge in [-0.15, -0.1) is 35.4 Å². The molecule has 0 atom stereocenters. The SMILES string of the molecule is Cc1cccc(-c2cc[c-]c(-c3ccccn3)c2)c1.[Ir]. The molecular formula is C18H14IrN-. The number of aryl methyl sites for hydroxylation is 1. The van der Waals surface area contributed by atoms with E-state index >= 15 is 0 Å². The maximum Gasteiger partial charge on any atom is 0.0160 e. The van der Waals surface area contributed by atoms with Crippen molar-refractivity contribution in [1.82, 2.24) is 4.98 Å². The van der Waals surface area contributed by atoms with Gasteiger partial charge in [0.05, 0.1) is 0 Å². The van der Waals surface area contributed by atoms with Gasteiger partial charge in [0, 0.05) is 26.3 Å². The third kappa shape index (κ3) is 3.22. The van der Waals surface area contributed by atoms with Gasteiger partial charge in [-0.05, 0) is 24.2 Å². The quantitative estimate of drug-likeness (QED) is 0.539. The second kappa shape index (κ2) is 6.60. The van der Waals surface area contributed by atoms with E-state index in [0.717, 1.165) is 11.3 Å². The molecule has 0 fully saturated rings. The zero-order valence-corrected chi connectivity index (χ0v) is 13.5. The van der Waals surface area contributed by atoms with Crippen LogP contribution in [0, 0.1) is 13.0 Å². The van der Waals surface area contributed by atoms with E-state index in [1.54, 1.807) is 0 Å². The van der Waals surface area contributed by atoms with Gasteiger partial charge in [0.2, 0.25) is 0 Å². The minimum Gasteiger partial charge on any atom is -0.305 e. The molecule has 0 aliphatic heterocycles. The summed E-state index contributed by atoms with van der Waals surface area (Å²) in [6.07, 6.45) is 1.81. The van der Waals surface area contributed by atoms with Crippen molar-refractivity contribution in [2.75, 3.05) is 0 Å². The van der Waals surface area contributed by atoms with Crippen molar-refractivity contribution in [1.29, 1.82) is 0 Å². The average molecular weight is 437 g/mol. The van der Waals surface area contributed by atoms with Gasteiger partial charge in [0.25, 0.3) is 0 Å². The van der Waals surface area contributed by atoms with Crippen LogP contribution in [0.4, 0.5) is 0 Å². The van der Waals surface area contributed by atoms with Crippen LogP contribution in [0.1, 0.15) is 5.56 Å². The molecule has 0 bridgehead atoms. The largest absolute Gasteiger partial charge is 0.305 e. The summed E-state index contributed by atoms with van der Waals surface area (Å²) in [6.45, 7) is 2.11. The van der Waals surface area contributed by atoms with Crippen molar-refractivity contribution in [3.63, 3.8) is 0 Å². The molecule has 3 aromatic rings. The van der Waals surface area contributed by atoms with Gasteiger partial charge in [-0.2, -0.15) is 0 Å². The molecular weight excluding hydrogens is 422 g/mol. The molecule has 2 heteroatoms. The first-order valence-corrected chi connectivity index (χ1v) is 6.33. The Morgan fingerprint density at radius 2 is 1.75 bits per heavy atom. The molecule has 0 spiro atoms. The summed E-state index contributed by atoms with van der Waals surface area (Å²) < 4.78 is 0. The predicted molar refractivity (Wildman–Crippen MR) is 78.7 cm³/mol. The van der Waals surface area contributed by atoms with Gasteiger partial charge in [0.15, 0.2) is 0 Å². The molecule has 1 radical (unpaired) electrons. The zero-order valence-electron chi connectivity index (χ0n) is 11.1. The number of aromatic nitrogens is 1. The minimum atomic E-state index is 0. The van der Waals surface area contributed by atoms with E-state index in [2.05, 4.69) is 54.4 Å². The fourth-order valence-corrected chi connectivity index (χ4v) is 2.14. The van der Waals surface area contributed by atoms with Crippen molar-refractivity contribution in [3.05, 3.63) is 78.5 Å². The first-order valence-electron chi connectivity index (χ1n) is 6.33. The van der Waals surface area contributed by atoms with Crippen molar-refractivity contribution >= 4 is 0 Å². The summed E-state index contributed by atoms with van der Waals surface area (Å²) in [5.41, 5.74) is 5.68. The molecule has 1 heterocycles. The van der Waals surface area contributed by atoms with Crippen LogP contribution in [0.3, 0.4) is 0 Å². The maximum atomic E-state index is 4.37. The summed E-state index contributed by atoms with van der Waals surface area (Å²) in [5, 5.41) is 0. The molecule has 0 aliphatic rings. The summed E-state index contributed by atoms with van der Waals surface area (Å²) in [6, 6.07) is 23.9. The van der Waals surface area contributed by atoms with E-state index in [1.165, 1.54) is 16.7 Å². The van der Waals surface area contributed by atoms with Crippen LogP contribution < -0.4 is 0 Å². The Labute approximate surface area is 133 Å². The second-order valence-corrected chi connectivity index (χ2v) is 4.58. The molecule has 20 heavy (non-hydrogen) atoms. The Kier molecular flexibility index (Phi) is 4.83. The van der Waals surface area contributed by atoms with E-state index < -0.39 is 0 Å². The smallest absolute Gasteiger partial charge is 0.0160 e. The number of hydrogen-bond acceptors (Lipinski definition) is 1. The van der Waals surface area contributed by atoms with Gasteiger partial charge in [0.1, 0.15) is 0 Å². The fraction of sp³-hybridized carbons (Fsp3) is 0.0556. The zero-order chi connectivity index (χ0) is 13.1. The summed E-state index contributed by atoms with van der Waals surface area (Å²) in [5.74, 6) is 0. The Morgan fingerprint density at radius 3 is 2.50 bits per heavy atom. The van der Waals surface area contributed by atoms with E-state index in [1.807, 2.05) is 30.5 Å². The van der Waals surface area contributed by atoms with Gasteiger partial charge < -0.3 is 4.98 Å². The summed E-state index contributed by atoms with van der Waals surface area (Å²) >= 11 is 0. The molecule has 0 amide bonds. The van der Waals surface area contributed by atoms with Crippen LogP contribution in [-0.2, 0) is 20.1 Å². The monoisotopic (exact) mass is 437 g/mol. The van der Waals surface area contributed by atoms with E-state index in [4.69, 9.17) is 0 Å². The van der Waals surface area contributed by atoms with E-state index in [-0.39, 0.29) is 20.1 Å². The molecule has 0 unspecified atom stereocenters. The van der Waals surface area contributed by atoms with Gasteiger partial charge in [-0.1, -0.05) is 42.0 Å². The average Bonchev–Trinajstić information content (AvgIpc) is 2.48. The van der Waals surface area contributed by atoms with Crippen LogP contribution in [0.5, 0.6) is 0 Å². The van der Waals surface area contributed by atoms with E-state index in [9.17, 15) is 0 Å². The number of pyridine rings is 1. The summed E-state index contributed by atoms with van der Waals surface area (Å²) in [7, 11) is 0. The second-order valence-electron chi connectivity index (χ2n) is 4.58. The Balaban J connectivity index is 0.00000147. The van der Waals surface area contributed by atoms with Crippen molar-refractivity contribution in [3.8, 4) is 22.4 Å². The number of rotatable bonds is 2. The Morgan fingerprint density at radius 1 is 0.900 bits per heavy atom. The molecule has 1 nitrogen and oxygen atoms in total. The van der Waals surface area contributed by atoms with Crippen LogP contribution in [0.25, 0.3) is 22.4 Å². The van der Waals surface area contributed by atoms with Gasteiger partial charge in [-0.25, -0.2) is 0 Å². The van der Waals surface area contributed by atoms with Gasteiger partial charge in [-0.3, -0.25) is 0 Å². The molecule has 0 aliphatic carbocycles. The standard InChI is InChI=1S/C18H14N.Ir/c1-14-6-4-7-15(12-14)16-8-5-9-17(13-16)18-10-2-3-11-19-18;/h2-8,10-13H,1H3;/q-1;. The first-order chi connectivity index (χ1) is 9.33.